The Morgan fingerprint density at radius 3 is 2.57 bits per heavy atom. The molecule has 0 radical (unpaired) electrons. The first-order valence-electron chi connectivity index (χ1n) is 4.66. The molecule has 0 saturated carbocycles. The number of primary amides is 1. The number of hydrogen-bond donors (Lipinski definition) is 1. The van der Waals surface area contributed by atoms with Crippen molar-refractivity contribution in [1.82, 2.24) is 0 Å². The smallest absolute Gasteiger partial charge is 0.246 e. The van der Waals surface area contributed by atoms with Crippen LogP contribution in [0, 0.1) is 0 Å². The van der Waals surface area contributed by atoms with Crippen molar-refractivity contribution in [1.29, 1.82) is 0 Å². The third kappa shape index (κ3) is 7.97. The molecule has 0 spiro atoms. The number of ether oxygens (including phenoxy) is 3. The molecule has 14 heavy (non-hydrogen) atoms. The summed E-state index contributed by atoms with van der Waals surface area (Å²) < 4.78 is 15.1. The maximum atomic E-state index is 10.6. The average Bonchev–Trinajstić information content (AvgIpc) is 2.16. The van der Waals surface area contributed by atoms with E-state index in [-0.39, 0.29) is 0 Å². The molecular formula is C9H19NO4. The molecule has 0 aliphatic heterocycles. The quantitative estimate of drug-likeness (QED) is 0.535. The van der Waals surface area contributed by atoms with Gasteiger partial charge in [0.2, 0.25) is 5.91 Å². The SMILES string of the molecule is COCCOCCCOC(C)C(N)=O. The third-order valence-electron chi connectivity index (χ3n) is 1.63. The van der Waals surface area contributed by atoms with Crippen molar-refractivity contribution < 1.29 is 19.0 Å². The van der Waals surface area contributed by atoms with E-state index >= 15 is 0 Å². The Labute approximate surface area is 84.5 Å². The van der Waals surface area contributed by atoms with Crippen LogP contribution in [0.4, 0.5) is 0 Å². The summed E-state index contributed by atoms with van der Waals surface area (Å²) in [5.74, 6) is -0.440. The lowest BCUT2D eigenvalue weighted by molar-refractivity contribution is -0.128. The van der Waals surface area contributed by atoms with E-state index in [1.807, 2.05) is 0 Å². The Balaban J connectivity index is 3.09. The molecule has 0 bridgehead atoms. The van der Waals surface area contributed by atoms with Gasteiger partial charge < -0.3 is 19.9 Å². The summed E-state index contributed by atoms with van der Waals surface area (Å²) in [5.41, 5.74) is 5.00. The van der Waals surface area contributed by atoms with Crippen LogP contribution in [0.3, 0.4) is 0 Å². The summed E-state index contributed by atoms with van der Waals surface area (Å²) in [6.07, 6.45) is 0.232. The molecule has 1 amide bonds. The standard InChI is InChI=1S/C9H19NO4/c1-8(9(10)11)14-5-3-4-13-7-6-12-2/h8H,3-7H2,1-2H3,(H2,10,11). The van der Waals surface area contributed by atoms with Gasteiger partial charge in [-0.2, -0.15) is 0 Å². The first-order valence-corrected chi connectivity index (χ1v) is 4.66. The van der Waals surface area contributed by atoms with Crippen LogP contribution in [-0.2, 0) is 19.0 Å². The zero-order chi connectivity index (χ0) is 10.8. The van der Waals surface area contributed by atoms with Gasteiger partial charge in [-0.1, -0.05) is 0 Å². The first-order chi connectivity index (χ1) is 6.68. The molecular weight excluding hydrogens is 186 g/mol. The highest BCUT2D eigenvalue weighted by Crippen LogP contribution is 1.92. The van der Waals surface area contributed by atoms with Gasteiger partial charge in [0.05, 0.1) is 13.2 Å². The fraction of sp³-hybridized carbons (Fsp3) is 0.889. The maximum absolute atomic E-state index is 10.6. The highest BCUT2D eigenvalue weighted by atomic mass is 16.5. The van der Waals surface area contributed by atoms with Gasteiger partial charge in [0.1, 0.15) is 6.10 Å². The van der Waals surface area contributed by atoms with Gasteiger partial charge in [0.25, 0.3) is 0 Å². The minimum absolute atomic E-state index is 0.440. The second kappa shape index (κ2) is 8.93. The van der Waals surface area contributed by atoms with Gasteiger partial charge in [-0.3, -0.25) is 4.79 Å². The van der Waals surface area contributed by atoms with E-state index in [4.69, 9.17) is 19.9 Å². The van der Waals surface area contributed by atoms with E-state index in [0.29, 0.717) is 26.4 Å². The van der Waals surface area contributed by atoms with Crippen molar-refractivity contribution in [2.75, 3.05) is 33.5 Å². The molecule has 5 heteroatoms. The van der Waals surface area contributed by atoms with Crippen LogP contribution in [0.15, 0.2) is 0 Å². The fourth-order valence-electron chi connectivity index (χ4n) is 0.748. The molecule has 0 aromatic heterocycles. The second-order valence-corrected chi connectivity index (χ2v) is 2.87. The molecule has 0 saturated heterocycles. The second-order valence-electron chi connectivity index (χ2n) is 2.87. The molecule has 0 aliphatic rings. The molecule has 0 rings (SSSR count). The van der Waals surface area contributed by atoms with E-state index in [0.717, 1.165) is 6.42 Å². The Bertz CT molecular complexity index is 152. The predicted molar refractivity (Wildman–Crippen MR) is 51.9 cm³/mol. The van der Waals surface area contributed by atoms with Crippen LogP contribution in [0.25, 0.3) is 0 Å². The lowest BCUT2D eigenvalue weighted by atomic mass is 10.4. The summed E-state index contributed by atoms with van der Waals surface area (Å²) >= 11 is 0. The predicted octanol–water partition coefficient (Wildman–Crippen LogP) is -0.0701. The Kier molecular flexibility index (Phi) is 8.51. The first kappa shape index (κ1) is 13.4. The van der Waals surface area contributed by atoms with Crippen molar-refractivity contribution in [3.63, 3.8) is 0 Å². The largest absolute Gasteiger partial charge is 0.382 e. The van der Waals surface area contributed by atoms with Crippen molar-refractivity contribution in [3.05, 3.63) is 0 Å². The monoisotopic (exact) mass is 205 g/mol. The summed E-state index contributed by atoms with van der Waals surface area (Å²) in [6, 6.07) is 0. The molecule has 84 valence electrons. The summed E-state index contributed by atoms with van der Waals surface area (Å²) in [7, 11) is 1.63. The van der Waals surface area contributed by atoms with Crippen LogP contribution >= 0.6 is 0 Å². The van der Waals surface area contributed by atoms with Crippen molar-refractivity contribution in [3.8, 4) is 0 Å². The fourth-order valence-corrected chi connectivity index (χ4v) is 0.748. The molecule has 0 aliphatic carbocycles. The summed E-state index contributed by atoms with van der Waals surface area (Å²) in [4.78, 5) is 10.6. The third-order valence-corrected chi connectivity index (χ3v) is 1.63. The molecule has 1 unspecified atom stereocenters. The molecule has 0 aromatic rings. The minimum atomic E-state index is -0.519. The highest BCUT2D eigenvalue weighted by molar-refractivity contribution is 5.78. The average molecular weight is 205 g/mol. The van der Waals surface area contributed by atoms with Gasteiger partial charge in [-0.05, 0) is 13.3 Å². The number of carbonyl (C=O) groups is 1. The van der Waals surface area contributed by atoms with E-state index in [1.165, 1.54) is 0 Å². The molecule has 5 nitrogen and oxygen atoms in total. The van der Waals surface area contributed by atoms with Gasteiger partial charge in [0.15, 0.2) is 0 Å². The highest BCUT2D eigenvalue weighted by Gasteiger charge is 2.07. The zero-order valence-corrected chi connectivity index (χ0v) is 8.82. The van der Waals surface area contributed by atoms with E-state index in [1.54, 1.807) is 14.0 Å². The number of rotatable bonds is 9. The number of amides is 1. The lowest BCUT2D eigenvalue weighted by Gasteiger charge is -2.08. The van der Waals surface area contributed by atoms with E-state index in [2.05, 4.69) is 0 Å². The number of hydrogen-bond acceptors (Lipinski definition) is 4. The summed E-state index contributed by atoms with van der Waals surface area (Å²) in [6.45, 7) is 3.90. The van der Waals surface area contributed by atoms with Gasteiger partial charge >= 0.3 is 0 Å². The van der Waals surface area contributed by atoms with Crippen LogP contribution in [0.2, 0.25) is 0 Å². The Morgan fingerprint density at radius 1 is 1.29 bits per heavy atom. The van der Waals surface area contributed by atoms with Crippen molar-refractivity contribution in [2.24, 2.45) is 5.73 Å². The minimum Gasteiger partial charge on any atom is -0.382 e. The zero-order valence-electron chi connectivity index (χ0n) is 8.82. The van der Waals surface area contributed by atoms with Crippen LogP contribution in [0.5, 0.6) is 0 Å². The van der Waals surface area contributed by atoms with E-state index in [9.17, 15) is 4.79 Å². The summed E-state index contributed by atoms with van der Waals surface area (Å²) in [5, 5.41) is 0. The van der Waals surface area contributed by atoms with Gasteiger partial charge in [-0.25, -0.2) is 0 Å². The van der Waals surface area contributed by atoms with Crippen LogP contribution in [-0.4, -0.2) is 45.5 Å². The molecule has 0 aromatic carbocycles. The molecule has 2 N–H and O–H groups in total. The van der Waals surface area contributed by atoms with Crippen LogP contribution < -0.4 is 5.73 Å². The van der Waals surface area contributed by atoms with Gasteiger partial charge in [-0.15, -0.1) is 0 Å². The van der Waals surface area contributed by atoms with Crippen LogP contribution in [0.1, 0.15) is 13.3 Å². The number of nitrogens with two attached hydrogens (primary N) is 1. The molecule has 0 heterocycles. The molecule has 0 fully saturated rings. The van der Waals surface area contributed by atoms with Gasteiger partial charge in [0, 0.05) is 20.3 Å². The normalized spacial score (nSPS) is 12.7. The lowest BCUT2D eigenvalue weighted by Crippen LogP contribution is -2.28. The topological polar surface area (TPSA) is 70.8 Å². The number of carbonyl (C=O) groups excluding carboxylic acids is 1. The maximum Gasteiger partial charge on any atom is 0.246 e. The number of methoxy groups -OCH3 is 1. The Morgan fingerprint density at radius 2 is 2.00 bits per heavy atom. The van der Waals surface area contributed by atoms with Crippen molar-refractivity contribution >= 4 is 5.91 Å². The Hall–Kier alpha value is -0.650. The van der Waals surface area contributed by atoms with Crippen molar-refractivity contribution in [2.45, 2.75) is 19.4 Å². The van der Waals surface area contributed by atoms with E-state index < -0.39 is 12.0 Å². The molecule has 1 atom stereocenters.